The van der Waals surface area contributed by atoms with Crippen molar-refractivity contribution in [1.29, 1.82) is 0 Å². The van der Waals surface area contributed by atoms with Crippen molar-refractivity contribution in [1.82, 2.24) is 4.57 Å². The van der Waals surface area contributed by atoms with Crippen molar-refractivity contribution in [2.75, 3.05) is 7.11 Å². The molecule has 0 saturated heterocycles. The van der Waals surface area contributed by atoms with Gasteiger partial charge in [-0.15, -0.1) is 0 Å². The molecule has 0 aromatic carbocycles. The Kier molecular flexibility index (Phi) is 2.55. The first-order chi connectivity index (χ1) is 6.49. The molecule has 14 heavy (non-hydrogen) atoms. The third-order valence-corrected chi connectivity index (χ3v) is 1.91. The van der Waals surface area contributed by atoms with Gasteiger partial charge in [-0.3, -0.25) is 14.9 Å². The number of carbonyl (C=O) groups is 1. The van der Waals surface area contributed by atoms with Crippen LogP contribution in [0, 0.1) is 10.1 Å². The monoisotopic (exact) mass is 198 g/mol. The summed E-state index contributed by atoms with van der Waals surface area (Å²) in [7, 11) is 2.87. The van der Waals surface area contributed by atoms with E-state index < -0.39 is 4.92 Å². The minimum Gasteiger partial charge on any atom is -0.477 e. The molecule has 0 atom stereocenters. The van der Waals surface area contributed by atoms with E-state index in [4.69, 9.17) is 4.74 Å². The average molecular weight is 198 g/mol. The number of carbonyl (C=O) groups excluding carboxylic acids is 1. The molecule has 0 aliphatic rings. The summed E-state index contributed by atoms with van der Waals surface area (Å²) in [6, 6.07) is 1.21. The van der Waals surface area contributed by atoms with E-state index in [1.807, 2.05) is 0 Å². The lowest BCUT2D eigenvalue weighted by Gasteiger charge is -2.01. The van der Waals surface area contributed by atoms with Gasteiger partial charge in [-0.05, 0) is 0 Å². The summed E-state index contributed by atoms with van der Waals surface area (Å²) in [5, 5.41) is 10.6. The molecule has 0 amide bonds. The fourth-order valence-electron chi connectivity index (χ4n) is 1.28. The first-order valence-corrected chi connectivity index (χ1v) is 3.88. The van der Waals surface area contributed by atoms with Crippen LogP contribution in [0.15, 0.2) is 6.07 Å². The summed E-state index contributed by atoms with van der Waals surface area (Å²) in [4.78, 5) is 21.1. The molecule has 1 aromatic rings. The topological polar surface area (TPSA) is 74.4 Å². The highest BCUT2D eigenvalue weighted by molar-refractivity contribution is 5.94. The molecule has 0 saturated carbocycles. The minimum atomic E-state index is -0.578. The maximum Gasteiger partial charge on any atom is 0.331 e. The van der Waals surface area contributed by atoms with E-state index >= 15 is 0 Å². The van der Waals surface area contributed by atoms with Gasteiger partial charge in [0, 0.05) is 20.0 Å². The number of aromatic nitrogens is 1. The molecule has 6 nitrogen and oxygen atoms in total. The zero-order chi connectivity index (χ0) is 10.9. The van der Waals surface area contributed by atoms with Crippen LogP contribution < -0.4 is 4.74 Å². The number of nitro groups is 1. The number of hydrogen-bond donors (Lipinski definition) is 0. The third kappa shape index (κ3) is 1.46. The lowest BCUT2D eigenvalue weighted by atomic mass is 10.3. The van der Waals surface area contributed by atoms with Crippen LogP contribution >= 0.6 is 0 Å². The molecule has 0 N–H and O–H groups in total. The van der Waals surface area contributed by atoms with Crippen molar-refractivity contribution in [3.05, 3.63) is 21.9 Å². The standard InChI is InChI=1S/C8H10N2O4/c1-5(11)6-4-7(10(12)13)8(14-3)9(6)2/h4H,1-3H3. The lowest BCUT2D eigenvalue weighted by molar-refractivity contribution is -0.385. The Hall–Kier alpha value is -1.85. The van der Waals surface area contributed by atoms with E-state index in [-0.39, 0.29) is 23.0 Å². The molecule has 0 radical (unpaired) electrons. The second-order valence-corrected chi connectivity index (χ2v) is 2.80. The summed E-state index contributed by atoms with van der Waals surface area (Å²) in [5.74, 6) is -0.154. The number of rotatable bonds is 3. The van der Waals surface area contributed by atoms with Gasteiger partial charge in [-0.1, -0.05) is 0 Å². The van der Waals surface area contributed by atoms with Crippen LogP contribution in [0.4, 0.5) is 5.69 Å². The maximum absolute atomic E-state index is 11.1. The highest BCUT2D eigenvalue weighted by atomic mass is 16.6. The second-order valence-electron chi connectivity index (χ2n) is 2.80. The van der Waals surface area contributed by atoms with Crippen molar-refractivity contribution in [3.8, 4) is 5.88 Å². The Morgan fingerprint density at radius 3 is 2.50 bits per heavy atom. The molecule has 0 unspecified atom stereocenters. The first kappa shape index (κ1) is 10.2. The normalized spacial score (nSPS) is 9.93. The second kappa shape index (κ2) is 3.49. The SMILES string of the molecule is COc1c([N+](=O)[O-])cc(C(C)=O)n1C. The Bertz CT molecular complexity index is 394. The van der Waals surface area contributed by atoms with E-state index in [1.54, 1.807) is 7.05 Å². The predicted molar refractivity (Wildman–Crippen MR) is 48.6 cm³/mol. The molecule has 0 bridgehead atoms. The van der Waals surface area contributed by atoms with Gasteiger partial charge in [0.15, 0.2) is 5.78 Å². The van der Waals surface area contributed by atoms with E-state index in [9.17, 15) is 14.9 Å². The van der Waals surface area contributed by atoms with E-state index in [1.165, 1.54) is 24.7 Å². The van der Waals surface area contributed by atoms with Gasteiger partial charge in [-0.25, -0.2) is 0 Å². The predicted octanol–water partition coefficient (Wildman–Crippen LogP) is 1.14. The van der Waals surface area contributed by atoms with Crippen LogP contribution in [0.2, 0.25) is 0 Å². The lowest BCUT2D eigenvalue weighted by Crippen LogP contribution is -2.03. The quantitative estimate of drug-likeness (QED) is 0.414. The van der Waals surface area contributed by atoms with Crippen LogP contribution in [-0.4, -0.2) is 22.4 Å². The molecule has 0 aliphatic heterocycles. The fraction of sp³-hybridized carbons (Fsp3) is 0.375. The molecular formula is C8H10N2O4. The smallest absolute Gasteiger partial charge is 0.331 e. The van der Waals surface area contributed by atoms with Gasteiger partial charge in [-0.2, -0.15) is 0 Å². The number of methoxy groups -OCH3 is 1. The van der Waals surface area contributed by atoms with E-state index in [2.05, 4.69) is 0 Å². The van der Waals surface area contributed by atoms with Gasteiger partial charge >= 0.3 is 5.69 Å². The van der Waals surface area contributed by atoms with Crippen molar-refractivity contribution in [2.24, 2.45) is 7.05 Å². The number of Topliss-reactive ketones (excluding diaryl/α,β-unsaturated/α-hetero) is 1. The van der Waals surface area contributed by atoms with Crippen molar-refractivity contribution < 1.29 is 14.5 Å². The van der Waals surface area contributed by atoms with Crippen LogP contribution in [0.1, 0.15) is 17.4 Å². The van der Waals surface area contributed by atoms with Gasteiger partial charge in [0.2, 0.25) is 0 Å². The molecule has 1 rings (SSSR count). The van der Waals surface area contributed by atoms with Gasteiger partial charge in [0.1, 0.15) is 0 Å². The van der Waals surface area contributed by atoms with Crippen LogP contribution in [0.5, 0.6) is 5.88 Å². The van der Waals surface area contributed by atoms with E-state index in [0.29, 0.717) is 0 Å². The molecule has 0 fully saturated rings. The Balaban J connectivity index is 3.39. The summed E-state index contributed by atoms with van der Waals surface area (Å²) in [5.41, 5.74) is 0.0637. The van der Waals surface area contributed by atoms with Gasteiger partial charge in [0.05, 0.1) is 17.7 Å². The van der Waals surface area contributed by atoms with Crippen molar-refractivity contribution >= 4 is 11.5 Å². The molecular weight excluding hydrogens is 188 g/mol. The highest BCUT2D eigenvalue weighted by Crippen LogP contribution is 2.29. The molecule has 76 valence electrons. The van der Waals surface area contributed by atoms with Crippen molar-refractivity contribution in [3.63, 3.8) is 0 Å². The maximum atomic E-state index is 11.1. The zero-order valence-electron chi connectivity index (χ0n) is 8.10. The third-order valence-electron chi connectivity index (χ3n) is 1.91. The van der Waals surface area contributed by atoms with Crippen LogP contribution in [-0.2, 0) is 7.05 Å². The molecule has 0 spiro atoms. The Labute approximate surface area is 80.2 Å². The van der Waals surface area contributed by atoms with Gasteiger partial charge < -0.3 is 9.30 Å². The molecule has 0 aliphatic carbocycles. The summed E-state index contributed by atoms with van der Waals surface area (Å²) >= 11 is 0. The fourth-order valence-corrected chi connectivity index (χ4v) is 1.28. The Morgan fingerprint density at radius 1 is 1.64 bits per heavy atom. The number of nitrogens with zero attached hydrogens (tertiary/aromatic N) is 2. The van der Waals surface area contributed by atoms with Crippen molar-refractivity contribution in [2.45, 2.75) is 6.92 Å². The highest BCUT2D eigenvalue weighted by Gasteiger charge is 2.24. The number of hydrogen-bond acceptors (Lipinski definition) is 4. The molecule has 1 heterocycles. The Morgan fingerprint density at radius 2 is 2.21 bits per heavy atom. The number of ketones is 1. The largest absolute Gasteiger partial charge is 0.477 e. The summed E-state index contributed by atoms with van der Waals surface area (Å²) in [6.45, 7) is 1.35. The van der Waals surface area contributed by atoms with Crippen LogP contribution in [0.3, 0.4) is 0 Å². The average Bonchev–Trinajstić information content (AvgIpc) is 2.42. The summed E-state index contributed by atoms with van der Waals surface area (Å²) < 4.78 is 6.20. The van der Waals surface area contributed by atoms with Crippen LogP contribution in [0.25, 0.3) is 0 Å². The summed E-state index contributed by atoms with van der Waals surface area (Å²) in [6.07, 6.45) is 0. The zero-order valence-corrected chi connectivity index (χ0v) is 8.10. The van der Waals surface area contributed by atoms with Gasteiger partial charge in [0.25, 0.3) is 5.88 Å². The molecule has 1 aromatic heterocycles. The van der Waals surface area contributed by atoms with E-state index in [0.717, 1.165) is 0 Å². The first-order valence-electron chi connectivity index (χ1n) is 3.88. The number of ether oxygens (including phenoxy) is 1. The molecule has 6 heteroatoms. The minimum absolute atomic E-state index is 0.0835.